The molecule has 0 aliphatic carbocycles. The average Bonchev–Trinajstić information content (AvgIpc) is 2.87. The molecular formula is C16H27N3O2S. The van der Waals surface area contributed by atoms with E-state index in [4.69, 9.17) is 4.74 Å². The summed E-state index contributed by atoms with van der Waals surface area (Å²) in [7, 11) is 1.96. The molecule has 5 nitrogen and oxygen atoms in total. The van der Waals surface area contributed by atoms with E-state index in [1.54, 1.807) is 0 Å². The van der Waals surface area contributed by atoms with Crippen LogP contribution < -0.4 is 5.32 Å². The zero-order valence-corrected chi connectivity index (χ0v) is 14.8. The molecule has 0 saturated carbocycles. The fourth-order valence-electron chi connectivity index (χ4n) is 2.44. The normalized spacial score (nSPS) is 19.4. The van der Waals surface area contributed by atoms with Crippen LogP contribution in [0.4, 0.5) is 5.13 Å². The Morgan fingerprint density at radius 2 is 2.27 bits per heavy atom. The van der Waals surface area contributed by atoms with Crippen molar-refractivity contribution in [1.82, 2.24) is 9.88 Å². The average molecular weight is 325 g/mol. The monoisotopic (exact) mass is 325 g/mol. The summed E-state index contributed by atoms with van der Waals surface area (Å²) in [5, 5.41) is 5.58. The molecule has 1 atom stereocenters. The van der Waals surface area contributed by atoms with Gasteiger partial charge in [0.2, 0.25) is 5.91 Å². The third kappa shape index (κ3) is 5.34. The van der Waals surface area contributed by atoms with E-state index in [0.717, 1.165) is 31.7 Å². The number of thiazole rings is 1. The molecule has 6 heteroatoms. The fourth-order valence-corrected chi connectivity index (χ4v) is 3.40. The first-order valence-corrected chi connectivity index (χ1v) is 8.78. The Labute approximate surface area is 137 Å². The van der Waals surface area contributed by atoms with Gasteiger partial charge in [0.05, 0.1) is 18.3 Å². The lowest BCUT2D eigenvalue weighted by atomic mass is 9.93. The highest BCUT2D eigenvalue weighted by atomic mass is 32.1. The van der Waals surface area contributed by atoms with Crippen molar-refractivity contribution in [3.8, 4) is 0 Å². The standard InChI is InChI=1S/C16H27N3O2S/c1-16(2,3)13-11-22-15(17-13)18-14(20)10-19(4)9-12-7-5-6-8-21-12/h11-12H,5-10H2,1-4H3,(H,17,18,20)/t12-/m0/s1. The number of hydrogen-bond donors (Lipinski definition) is 1. The number of rotatable bonds is 5. The summed E-state index contributed by atoms with van der Waals surface area (Å²) in [6, 6.07) is 0. The number of likely N-dealkylation sites (N-methyl/N-ethyl adjacent to an activating group) is 1. The van der Waals surface area contributed by atoms with Crippen LogP contribution in [-0.4, -0.2) is 48.6 Å². The zero-order chi connectivity index (χ0) is 16.2. The molecule has 1 fully saturated rings. The van der Waals surface area contributed by atoms with E-state index >= 15 is 0 Å². The Bertz CT molecular complexity index is 490. The number of hydrogen-bond acceptors (Lipinski definition) is 5. The summed E-state index contributed by atoms with van der Waals surface area (Å²) in [5.74, 6) is -0.0203. The third-order valence-corrected chi connectivity index (χ3v) is 4.48. The minimum atomic E-state index is -0.0203. The molecule has 1 aromatic rings. The Kier molecular flexibility index (Phi) is 5.94. The van der Waals surface area contributed by atoms with Gasteiger partial charge in [-0.3, -0.25) is 9.69 Å². The van der Waals surface area contributed by atoms with Crippen molar-refractivity contribution in [3.05, 3.63) is 11.1 Å². The molecule has 0 aromatic carbocycles. The quantitative estimate of drug-likeness (QED) is 0.904. The van der Waals surface area contributed by atoms with Gasteiger partial charge in [-0.05, 0) is 26.3 Å². The largest absolute Gasteiger partial charge is 0.377 e. The minimum absolute atomic E-state index is 0.00852. The number of aromatic nitrogens is 1. The summed E-state index contributed by atoms with van der Waals surface area (Å²) < 4.78 is 5.71. The van der Waals surface area contributed by atoms with Gasteiger partial charge in [-0.15, -0.1) is 11.3 Å². The van der Waals surface area contributed by atoms with E-state index in [1.165, 1.54) is 17.8 Å². The van der Waals surface area contributed by atoms with E-state index in [9.17, 15) is 4.79 Å². The molecule has 0 spiro atoms. The zero-order valence-electron chi connectivity index (χ0n) is 14.0. The lowest BCUT2D eigenvalue weighted by Crippen LogP contribution is -2.37. The van der Waals surface area contributed by atoms with Crippen LogP contribution in [0.3, 0.4) is 0 Å². The van der Waals surface area contributed by atoms with Gasteiger partial charge in [-0.1, -0.05) is 20.8 Å². The molecule has 1 aliphatic heterocycles. The van der Waals surface area contributed by atoms with Gasteiger partial charge < -0.3 is 10.1 Å². The van der Waals surface area contributed by atoms with Crippen molar-refractivity contribution in [3.63, 3.8) is 0 Å². The van der Waals surface area contributed by atoms with Crippen LogP contribution in [0.1, 0.15) is 45.7 Å². The first-order chi connectivity index (χ1) is 10.3. The molecular weight excluding hydrogens is 298 g/mol. The molecule has 2 heterocycles. The number of carbonyl (C=O) groups excluding carboxylic acids is 1. The first-order valence-electron chi connectivity index (χ1n) is 7.90. The van der Waals surface area contributed by atoms with Gasteiger partial charge in [0.15, 0.2) is 5.13 Å². The number of ether oxygens (including phenoxy) is 1. The molecule has 1 N–H and O–H groups in total. The van der Waals surface area contributed by atoms with E-state index in [-0.39, 0.29) is 17.4 Å². The van der Waals surface area contributed by atoms with E-state index in [2.05, 4.69) is 31.1 Å². The topological polar surface area (TPSA) is 54.5 Å². The van der Waals surface area contributed by atoms with Gasteiger partial charge >= 0.3 is 0 Å². The second-order valence-electron chi connectivity index (χ2n) is 7.02. The minimum Gasteiger partial charge on any atom is -0.377 e. The molecule has 124 valence electrons. The van der Waals surface area contributed by atoms with Crippen LogP contribution in [0.15, 0.2) is 5.38 Å². The van der Waals surface area contributed by atoms with E-state index in [0.29, 0.717) is 11.7 Å². The van der Waals surface area contributed by atoms with Gasteiger partial charge in [0.1, 0.15) is 0 Å². The maximum Gasteiger partial charge on any atom is 0.240 e. The van der Waals surface area contributed by atoms with Crippen molar-refractivity contribution in [2.45, 2.75) is 51.6 Å². The molecule has 0 radical (unpaired) electrons. The second-order valence-corrected chi connectivity index (χ2v) is 7.88. The highest BCUT2D eigenvalue weighted by molar-refractivity contribution is 7.13. The predicted molar refractivity (Wildman–Crippen MR) is 90.5 cm³/mol. The van der Waals surface area contributed by atoms with Crippen LogP contribution in [0.2, 0.25) is 0 Å². The number of nitrogens with zero attached hydrogens (tertiary/aromatic N) is 2. The van der Waals surface area contributed by atoms with Crippen molar-refractivity contribution < 1.29 is 9.53 Å². The summed E-state index contributed by atoms with van der Waals surface area (Å²) in [5.41, 5.74) is 1.02. The molecule has 2 rings (SSSR count). The Morgan fingerprint density at radius 1 is 1.50 bits per heavy atom. The highest BCUT2D eigenvalue weighted by Crippen LogP contribution is 2.26. The van der Waals surface area contributed by atoms with E-state index < -0.39 is 0 Å². The second kappa shape index (κ2) is 7.53. The molecule has 1 saturated heterocycles. The number of amides is 1. The maximum atomic E-state index is 12.1. The summed E-state index contributed by atoms with van der Waals surface area (Å²) in [4.78, 5) is 18.6. The molecule has 22 heavy (non-hydrogen) atoms. The third-order valence-electron chi connectivity index (χ3n) is 3.72. The SMILES string of the molecule is CN(CC(=O)Nc1nc(C(C)(C)C)cs1)C[C@@H]1CCCCO1. The Hall–Kier alpha value is -0.980. The predicted octanol–water partition coefficient (Wildman–Crippen LogP) is 2.88. The molecule has 1 aliphatic rings. The van der Waals surface area contributed by atoms with Crippen molar-refractivity contribution >= 4 is 22.4 Å². The van der Waals surface area contributed by atoms with Crippen LogP contribution in [0.5, 0.6) is 0 Å². The highest BCUT2D eigenvalue weighted by Gasteiger charge is 2.20. The van der Waals surface area contributed by atoms with E-state index in [1.807, 2.05) is 17.3 Å². The molecule has 0 unspecified atom stereocenters. The Morgan fingerprint density at radius 3 is 2.86 bits per heavy atom. The lowest BCUT2D eigenvalue weighted by Gasteiger charge is -2.26. The number of nitrogens with one attached hydrogen (secondary N) is 1. The van der Waals surface area contributed by atoms with Gasteiger partial charge in [0, 0.05) is 23.9 Å². The van der Waals surface area contributed by atoms with Crippen LogP contribution >= 0.6 is 11.3 Å². The van der Waals surface area contributed by atoms with Crippen LogP contribution in [0, 0.1) is 0 Å². The fraction of sp³-hybridized carbons (Fsp3) is 0.750. The van der Waals surface area contributed by atoms with Crippen molar-refractivity contribution in [2.24, 2.45) is 0 Å². The molecule has 1 aromatic heterocycles. The molecule has 0 bridgehead atoms. The number of carbonyl (C=O) groups is 1. The van der Waals surface area contributed by atoms with Crippen LogP contribution in [0.25, 0.3) is 0 Å². The smallest absolute Gasteiger partial charge is 0.240 e. The van der Waals surface area contributed by atoms with Gasteiger partial charge in [-0.2, -0.15) is 0 Å². The first kappa shape index (κ1) is 17.4. The molecule has 1 amide bonds. The van der Waals surface area contributed by atoms with Gasteiger partial charge in [0.25, 0.3) is 0 Å². The van der Waals surface area contributed by atoms with Gasteiger partial charge in [-0.25, -0.2) is 4.98 Å². The summed E-state index contributed by atoms with van der Waals surface area (Å²) in [6.45, 7) is 8.37. The lowest BCUT2D eigenvalue weighted by molar-refractivity contribution is -0.117. The summed E-state index contributed by atoms with van der Waals surface area (Å²) in [6.07, 6.45) is 3.73. The maximum absolute atomic E-state index is 12.1. The van der Waals surface area contributed by atoms with Crippen LogP contribution in [-0.2, 0) is 14.9 Å². The van der Waals surface area contributed by atoms with Crippen molar-refractivity contribution in [2.75, 3.05) is 32.1 Å². The number of anilines is 1. The Balaban J connectivity index is 1.78. The van der Waals surface area contributed by atoms with Crippen molar-refractivity contribution in [1.29, 1.82) is 0 Å². The summed E-state index contributed by atoms with van der Waals surface area (Å²) >= 11 is 1.48.